The molecule has 0 amide bonds. The first-order valence-electron chi connectivity index (χ1n) is 4.09. The van der Waals surface area contributed by atoms with Gasteiger partial charge in [0.15, 0.2) is 6.61 Å². The average molecular weight is 244 g/mol. The first-order chi connectivity index (χ1) is 7.16. The number of carboxylic acid groups (broad SMARTS) is 1. The van der Waals surface area contributed by atoms with E-state index in [9.17, 15) is 4.79 Å². The monoisotopic (exact) mass is 244 g/mol. The van der Waals surface area contributed by atoms with Crippen molar-refractivity contribution in [3.05, 3.63) is 36.4 Å². The normalized spacial score (nSPS) is 8.33. The Morgan fingerprint density at radius 2 is 1.67 bits per heavy atom. The number of carboxylic acids is 1. The maximum Gasteiger partial charge on any atom is 0.341 e. The molecule has 0 aliphatic rings. The molecule has 1 aromatic rings. The van der Waals surface area contributed by atoms with Gasteiger partial charge in [-0.25, -0.2) is 4.79 Å². The number of thioether (sulfide) groups is 1. The van der Waals surface area contributed by atoms with Gasteiger partial charge in [-0.1, -0.05) is 48.2 Å². The van der Waals surface area contributed by atoms with E-state index in [0.717, 1.165) is 0 Å². The van der Waals surface area contributed by atoms with Crippen LogP contribution in [0.15, 0.2) is 36.4 Å². The molecule has 1 N–H and O–H groups in total. The summed E-state index contributed by atoms with van der Waals surface area (Å²) < 4.78 is 4.81. The Morgan fingerprint density at radius 3 is 1.93 bits per heavy atom. The number of hydrogen-bond donors (Lipinski definition) is 1. The van der Waals surface area contributed by atoms with Crippen LogP contribution < -0.4 is 0 Å². The molecule has 15 heavy (non-hydrogen) atoms. The predicted molar refractivity (Wildman–Crippen MR) is 66.1 cm³/mol. The number of ether oxygens (including phenoxy) is 1. The lowest BCUT2D eigenvalue weighted by atomic mass is 10.4. The molecular formula is C10H12O3S2. The van der Waals surface area contributed by atoms with E-state index in [1.807, 2.05) is 36.4 Å². The second-order valence-corrected chi connectivity index (χ2v) is 3.70. The van der Waals surface area contributed by atoms with Crippen molar-refractivity contribution in [3.63, 3.8) is 0 Å². The minimum atomic E-state index is -1.01. The van der Waals surface area contributed by atoms with Crippen molar-refractivity contribution >= 4 is 34.3 Å². The molecule has 0 unspecified atom stereocenters. The van der Waals surface area contributed by atoms with Gasteiger partial charge in [0, 0.05) is 0 Å². The highest BCUT2D eigenvalue weighted by Crippen LogP contribution is 1.98. The fourth-order valence-corrected chi connectivity index (χ4v) is 0.800. The maximum atomic E-state index is 9.83. The molecule has 0 saturated heterocycles. The lowest BCUT2D eigenvalue weighted by molar-refractivity contribution is -0.139. The average Bonchev–Trinajstić information content (AvgIpc) is 2.29. The Morgan fingerprint density at radius 1 is 1.27 bits per heavy atom. The van der Waals surface area contributed by atoms with Gasteiger partial charge in [0.05, 0.1) is 0 Å². The molecule has 5 heteroatoms. The van der Waals surface area contributed by atoms with E-state index in [2.05, 4.69) is 17.0 Å². The van der Waals surface area contributed by atoms with E-state index >= 15 is 0 Å². The standard InChI is InChI=1S/C6H6.C4H6O3S2/c1-2-4-6-5-3-1;1-9-4(8)7-2-3(5)6/h1-6H;2H2,1H3,(H,5,6). The van der Waals surface area contributed by atoms with Gasteiger partial charge in [-0.3, -0.25) is 0 Å². The molecule has 0 heterocycles. The van der Waals surface area contributed by atoms with Gasteiger partial charge in [0.2, 0.25) is 4.38 Å². The summed E-state index contributed by atoms with van der Waals surface area (Å²) in [5.74, 6) is -1.01. The minimum Gasteiger partial charge on any atom is -0.479 e. The molecule has 1 rings (SSSR count). The largest absolute Gasteiger partial charge is 0.479 e. The fraction of sp³-hybridized carbons (Fsp3) is 0.200. The van der Waals surface area contributed by atoms with Gasteiger partial charge in [0.25, 0.3) is 0 Å². The number of hydrogen-bond acceptors (Lipinski definition) is 4. The van der Waals surface area contributed by atoms with E-state index in [-0.39, 0.29) is 11.0 Å². The Labute approximate surface area is 98.4 Å². The third kappa shape index (κ3) is 10.9. The Hall–Kier alpha value is -1.07. The number of rotatable bonds is 2. The molecule has 82 valence electrons. The van der Waals surface area contributed by atoms with Crippen molar-refractivity contribution in [1.29, 1.82) is 0 Å². The predicted octanol–water partition coefficient (Wildman–Crippen LogP) is 2.42. The third-order valence-corrected chi connectivity index (χ3v) is 2.22. The van der Waals surface area contributed by atoms with Gasteiger partial charge in [-0.15, -0.1) is 0 Å². The topological polar surface area (TPSA) is 46.5 Å². The summed E-state index contributed by atoms with van der Waals surface area (Å²) in [6, 6.07) is 12.0. The number of thiocarbonyl (C=S) groups is 1. The Kier molecular flexibility index (Phi) is 8.81. The van der Waals surface area contributed by atoms with Gasteiger partial charge in [-0.2, -0.15) is 0 Å². The lowest BCUT2D eigenvalue weighted by Crippen LogP contribution is -2.08. The van der Waals surface area contributed by atoms with E-state index in [0.29, 0.717) is 0 Å². The summed E-state index contributed by atoms with van der Waals surface area (Å²) in [5, 5.41) is 8.06. The van der Waals surface area contributed by atoms with Crippen LogP contribution in [0.2, 0.25) is 0 Å². The molecule has 0 atom stereocenters. The highest BCUT2D eigenvalue weighted by molar-refractivity contribution is 8.22. The molecule has 0 saturated carbocycles. The first-order valence-corrected chi connectivity index (χ1v) is 5.72. The van der Waals surface area contributed by atoms with Crippen LogP contribution in [-0.2, 0) is 9.53 Å². The molecule has 0 aliphatic heterocycles. The zero-order chi connectivity index (χ0) is 11.5. The molecule has 1 aromatic carbocycles. The molecule has 0 radical (unpaired) electrons. The van der Waals surface area contributed by atoms with Crippen LogP contribution >= 0.6 is 24.0 Å². The van der Waals surface area contributed by atoms with Crippen LogP contribution in [0.3, 0.4) is 0 Å². The van der Waals surface area contributed by atoms with Crippen molar-refractivity contribution in [2.45, 2.75) is 0 Å². The Bertz CT molecular complexity index is 261. The van der Waals surface area contributed by atoms with Gasteiger partial charge >= 0.3 is 5.97 Å². The molecule has 0 bridgehead atoms. The summed E-state index contributed by atoms with van der Waals surface area (Å²) in [6.45, 7) is -0.348. The van der Waals surface area contributed by atoms with Crippen molar-refractivity contribution in [2.24, 2.45) is 0 Å². The smallest absolute Gasteiger partial charge is 0.341 e. The summed E-state index contributed by atoms with van der Waals surface area (Å²) in [6.07, 6.45) is 1.73. The molecule has 0 aliphatic carbocycles. The fourth-order valence-electron chi connectivity index (χ4n) is 0.564. The van der Waals surface area contributed by atoms with Gasteiger partial charge in [-0.05, 0) is 18.5 Å². The second-order valence-electron chi connectivity index (χ2n) is 2.29. The van der Waals surface area contributed by atoms with E-state index in [1.165, 1.54) is 11.8 Å². The van der Waals surface area contributed by atoms with Crippen LogP contribution in [0.25, 0.3) is 0 Å². The quantitative estimate of drug-likeness (QED) is 0.810. The molecule has 0 fully saturated rings. The third-order valence-electron chi connectivity index (χ3n) is 1.15. The van der Waals surface area contributed by atoms with E-state index in [1.54, 1.807) is 6.26 Å². The highest BCUT2D eigenvalue weighted by atomic mass is 32.2. The van der Waals surface area contributed by atoms with Crippen molar-refractivity contribution in [3.8, 4) is 0 Å². The zero-order valence-corrected chi connectivity index (χ0v) is 9.88. The molecular weight excluding hydrogens is 232 g/mol. The second kappa shape index (κ2) is 9.48. The van der Waals surface area contributed by atoms with Crippen molar-refractivity contribution in [1.82, 2.24) is 0 Å². The SMILES string of the molecule is CSC(=S)OCC(=O)O.c1ccccc1. The van der Waals surface area contributed by atoms with Crippen LogP contribution in [0.5, 0.6) is 0 Å². The number of aliphatic carboxylic acids is 1. The van der Waals surface area contributed by atoms with Gasteiger partial charge in [0.1, 0.15) is 0 Å². The Balaban J connectivity index is 0.000000280. The lowest BCUT2D eigenvalue weighted by Gasteiger charge is -1.98. The minimum absolute atomic E-state index is 0.261. The summed E-state index contributed by atoms with van der Waals surface area (Å²) >= 11 is 5.76. The molecule has 0 spiro atoms. The van der Waals surface area contributed by atoms with E-state index < -0.39 is 5.97 Å². The van der Waals surface area contributed by atoms with Crippen molar-refractivity contribution in [2.75, 3.05) is 12.9 Å². The molecule has 0 aromatic heterocycles. The number of carbonyl (C=O) groups is 1. The first kappa shape index (κ1) is 13.9. The van der Waals surface area contributed by atoms with Crippen LogP contribution in [0, 0.1) is 0 Å². The number of benzene rings is 1. The van der Waals surface area contributed by atoms with Crippen LogP contribution in [0.1, 0.15) is 0 Å². The van der Waals surface area contributed by atoms with Crippen LogP contribution in [0.4, 0.5) is 0 Å². The van der Waals surface area contributed by atoms with E-state index in [4.69, 9.17) is 5.11 Å². The summed E-state index contributed by atoms with van der Waals surface area (Å²) in [7, 11) is 0. The maximum absolute atomic E-state index is 9.83. The van der Waals surface area contributed by atoms with Gasteiger partial charge < -0.3 is 9.84 Å². The van der Waals surface area contributed by atoms with Crippen LogP contribution in [-0.4, -0.2) is 28.3 Å². The zero-order valence-electron chi connectivity index (χ0n) is 8.25. The van der Waals surface area contributed by atoms with Crippen molar-refractivity contribution < 1.29 is 14.6 Å². The summed E-state index contributed by atoms with van der Waals surface area (Å²) in [5.41, 5.74) is 0. The molecule has 3 nitrogen and oxygen atoms in total. The summed E-state index contributed by atoms with van der Waals surface area (Å²) in [4.78, 5) is 9.83. The highest BCUT2D eigenvalue weighted by Gasteiger charge is 1.98.